The lowest BCUT2D eigenvalue weighted by Gasteiger charge is -2.22. The van der Waals surface area contributed by atoms with Crippen molar-refractivity contribution in [1.29, 1.82) is 0 Å². The summed E-state index contributed by atoms with van der Waals surface area (Å²) < 4.78 is 2.04. The van der Waals surface area contributed by atoms with Crippen LogP contribution in [0.5, 0.6) is 0 Å². The van der Waals surface area contributed by atoms with Crippen molar-refractivity contribution in [2.24, 2.45) is 11.8 Å². The minimum atomic E-state index is 0.00116. The van der Waals surface area contributed by atoms with Gasteiger partial charge in [-0.1, -0.05) is 6.42 Å². The third-order valence-corrected chi connectivity index (χ3v) is 4.92. The maximum Gasteiger partial charge on any atom is 0.271 e. The third kappa shape index (κ3) is 1.91. The Morgan fingerprint density at radius 1 is 1.42 bits per heavy atom. The highest BCUT2D eigenvalue weighted by molar-refractivity contribution is 5.92. The van der Waals surface area contributed by atoms with E-state index in [1.165, 1.54) is 25.7 Å². The summed E-state index contributed by atoms with van der Waals surface area (Å²) in [5, 5.41) is 6.42. The summed E-state index contributed by atoms with van der Waals surface area (Å²) in [6.07, 6.45) is 8.10. The second-order valence-corrected chi connectivity index (χ2v) is 6.18. The Morgan fingerprint density at radius 3 is 3.11 bits per heavy atom. The monoisotopic (exact) mass is 260 g/mol. The number of aromatic nitrogens is 2. The Balaban J connectivity index is 1.47. The summed E-state index contributed by atoms with van der Waals surface area (Å²) in [4.78, 5) is 16.7. The van der Waals surface area contributed by atoms with E-state index in [1.807, 2.05) is 10.8 Å². The molecule has 2 N–H and O–H groups in total. The summed E-state index contributed by atoms with van der Waals surface area (Å²) in [6, 6.07) is 0.387. The van der Waals surface area contributed by atoms with Gasteiger partial charge in [-0.25, -0.2) is 4.98 Å². The van der Waals surface area contributed by atoms with E-state index in [0.29, 0.717) is 17.7 Å². The SMILES string of the molecule is O=C(NC1CC2CCC1C2)c1cn2c(n1)NCCC2. The number of nitrogens with zero attached hydrogens (tertiary/aromatic N) is 2. The number of carbonyl (C=O) groups is 1. The number of nitrogens with one attached hydrogen (secondary N) is 2. The maximum absolute atomic E-state index is 12.3. The quantitative estimate of drug-likeness (QED) is 0.849. The molecule has 1 aliphatic heterocycles. The molecule has 0 spiro atoms. The Hall–Kier alpha value is -1.52. The molecule has 3 aliphatic rings. The van der Waals surface area contributed by atoms with Gasteiger partial charge in [-0.3, -0.25) is 4.79 Å². The van der Waals surface area contributed by atoms with Crippen molar-refractivity contribution in [2.45, 2.75) is 44.7 Å². The predicted molar refractivity (Wildman–Crippen MR) is 72.0 cm³/mol. The minimum Gasteiger partial charge on any atom is -0.356 e. The van der Waals surface area contributed by atoms with Crippen molar-refractivity contribution < 1.29 is 4.79 Å². The fourth-order valence-corrected chi connectivity index (χ4v) is 3.95. The highest BCUT2D eigenvalue weighted by Crippen LogP contribution is 2.44. The second kappa shape index (κ2) is 4.25. The zero-order valence-electron chi connectivity index (χ0n) is 11.1. The lowest BCUT2D eigenvalue weighted by molar-refractivity contribution is 0.0918. The molecule has 5 nitrogen and oxygen atoms in total. The molecule has 0 aromatic carbocycles. The number of rotatable bonds is 2. The molecule has 2 saturated carbocycles. The van der Waals surface area contributed by atoms with Crippen LogP contribution in [-0.2, 0) is 6.54 Å². The van der Waals surface area contributed by atoms with Gasteiger partial charge in [-0.15, -0.1) is 0 Å². The van der Waals surface area contributed by atoms with Gasteiger partial charge in [-0.2, -0.15) is 0 Å². The summed E-state index contributed by atoms with van der Waals surface area (Å²) in [6.45, 7) is 1.90. The molecular weight excluding hydrogens is 240 g/mol. The molecule has 1 aromatic rings. The first-order valence-electron chi connectivity index (χ1n) is 7.41. The fraction of sp³-hybridized carbons (Fsp3) is 0.714. The summed E-state index contributed by atoms with van der Waals surface area (Å²) in [7, 11) is 0. The number of imidazole rings is 1. The van der Waals surface area contributed by atoms with E-state index in [-0.39, 0.29) is 5.91 Å². The van der Waals surface area contributed by atoms with Crippen LogP contribution in [0.4, 0.5) is 5.95 Å². The van der Waals surface area contributed by atoms with Crippen LogP contribution >= 0.6 is 0 Å². The molecular formula is C14H20N4O. The number of hydrogen-bond donors (Lipinski definition) is 2. The van der Waals surface area contributed by atoms with E-state index in [4.69, 9.17) is 0 Å². The second-order valence-electron chi connectivity index (χ2n) is 6.18. The third-order valence-electron chi connectivity index (χ3n) is 4.92. The molecule has 0 radical (unpaired) electrons. The topological polar surface area (TPSA) is 59.0 Å². The van der Waals surface area contributed by atoms with Gasteiger partial charge in [0.2, 0.25) is 5.95 Å². The normalized spacial score (nSPS) is 31.9. The predicted octanol–water partition coefficient (Wildman–Crippen LogP) is 1.62. The maximum atomic E-state index is 12.3. The molecule has 102 valence electrons. The van der Waals surface area contributed by atoms with E-state index in [0.717, 1.165) is 31.4 Å². The Bertz CT molecular complexity index is 486. The first-order chi connectivity index (χ1) is 9.29. The van der Waals surface area contributed by atoms with Gasteiger partial charge in [-0.05, 0) is 37.5 Å². The van der Waals surface area contributed by atoms with E-state index >= 15 is 0 Å². The van der Waals surface area contributed by atoms with Gasteiger partial charge >= 0.3 is 0 Å². The number of anilines is 1. The minimum absolute atomic E-state index is 0.00116. The van der Waals surface area contributed by atoms with Crippen LogP contribution in [0.3, 0.4) is 0 Å². The molecule has 2 heterocycles. The zero-order chi connectivity index (χ0) is 12.8. The molecule has 19 heavy (non-hydrogen) atoms. The summed E-state index contributed by atoms with van der Waals surface area (Å²) >= 11 is 0. The molecule has 5 heteroatoms. The van der Waals surface area contributed by atoms with Crippen LogP contribution in [0, 0.1) is 11.8 Å². The smallest absolute Gasteiger partial charge is 0.271 e. The first kappa shape index (κ1) is 11.3. The number of amides is 1. The molecule has 2 bridgehead atoms. The first-order valence-corrected chi connectivity index (χ1v) is 7.41. The highest BCUT2D eigenvalue weighted by Gasteiger charge is 2.40. The van der Waals surface area contributed by atoms with E-state index < -0.39 is 0 Å². The summed E-state index contributed by atoms with van der Waals surface area (Å²) in [5.41, 5.74) is 0.562. The van der Waals surface area contributed by atoms with Crippen molar-refractivity contribution in [3.8, 4) is 0 Å². The molecule has 0 saturated heterocycles. The Kier molecular flexibility index (Phi) is 2.53. The van der Waals surface area contributed by atoms with Crippen LogP contribution in [0.25, 0.3) is 0 Å². The van der Waals surface area contributed by atoms with Crippen LogP contribution < -0.4 is 10.6 Å². The van der Waals surface area contributed by atoms with Gasteiger partial charge in [0.25, 0.3) is 5.91 Å². The Labute approximate surface area is 112 Å². The van der Waals surface area contributed by atoms with Crippen molar-refractivity contribution in [1.82, 2.24) is 14.9 Å². The van der Waals surface area contributed by atoms with Crippen molar-refractivity contribution in [2.75, 3.05) is 11.9 Å². The number of aryl methyl sites for hydroxylation is 1. The van der Waals surface area contributed by atoms with Crippen LogP contribution in [0.15, 0.2) is 6.20 Å². The molecule has 4 rings (SSSR count). The molecule has 2 aliphatic carbocycles. The van der Waals surface area contributed by atoms with Crippen LogP contribution in [0.2, 0.25) is 0 Å². The molecule has 2 fully saturated rings. The number of hydrogen-bond acceptors (Lipinski definition) is 3. The van der Waals surface area contributed by atoms with Gasteiger partial charge < -0.3 is 15.2 Å². The van der Waals surface area contributed by atoms with Gasteiger partial charge in [0, 0.05) is 25.3 Å². The Morgan fingerprint density at radius 2 is 2.37 bits per heavy atom. The van der Waals surface area contributed by atoms with Crippen molar-refractivity contribution in [3.63, 3.8) is 0 Å². The number of fused-ring (bicyclic) bond motifs is 3. The van der Waals surface area contributed by atoms with E-state index in [1.54, 1.807) is 0 Å². The molecule has 1 amide bonds. The highest BCUT2D eigenvalue weighted by atomic mass is 16.2. The van der Waals surface area contributed by atoms with Gasteiger partial charge in [0.1, 0.15) is 5.69 Å². The van der Waals surface area contributed by atoms with Gasteiger partial charge in [0.15, 0.2) is 0 Å². The average Bonchev–Trinajstić information content (AvgIpc) is 3.12. The number of carbonyl (C=O) groups excluding carboxylic acids is 1. The summed E-state index contributed by atoms with van der Waals surface area (Å²) in [5.74, 6) is 2.40. The van der Waals surface area contributed by atoms with E-state index in [2.05, 4.69) is 15.6 Å². The zero-order valence-corrected chi connectivity index (χ0v) is 11.1. The van der Waals surface area contributed by atoms with E-state index in [9.17, 15) is 4.79 Å². The lowest BCUT2D eigenvalue weighted by atomic mass is 9.95. The largest absolute Gasteiger partial charge is 0.356 e. The molecule has 1 aromatic heterocycles. The average molecular weight is 260 g/mol. The van der Waals surface area contributed by atoms with Crippen LogP contribution in [-0.4, -0.2) is 28.0 Å². The molecule has 3 atom stereocenters. The van der Waals surface area contributed by atoms with Gasteiger partial charge in [0.05, 0.1) is 0 Å². The molecule has 3 unspecified atom stereocenters. The lowest BCUT2D eigenvalue weighted by Crippen LogP contribution is -2.38. The standard InChI is InChI=1S/C14H20N4O/c19-13(16-11-7-9-2-3-10(11)6-9)12-8-18-5-1-4-15-14(18)17-12/h8-11H,1-7H2,(H,15,17)(H,16,19). The fourth-order valence-electron chi connectivity index (χ4n) is 3.95. The van der Waals surface area contributed by atoms with Crippen LogP contribution in [0.1, 0.15) is 42.6 Å². The van der Waals surface area contributed by atoms with Crippen molar-refractivity contribution >= 4 is 11.9 Å². The van der Waals surface area contributed by atoms with Crippen molar-refractivity contribution in [3.05, 3.63) is 11.9 Å².